The van der Waals surface area contributed by atoms with Gasteiger partial charge in [-0.25, -0.2) is 9.37 Å². The Kier molecular flexibility index (Phi) is 4.20. The smallest absolute Gasteiger partial charge is 0.199 e. The van der Waals surface area contributed by atoms with Crippen LogP contribution in [0.2, 0.25) is 0 Å². The number of hydrogen-bond donors (Lipinski definition) is 1. The Morgan fingerprint density at radius 3 is 2.77 bits per heavy atom. The van der Waals surface area contributed by atoms with Crippen molar-refractivity contribution in [2.45, 2.75) is 13.8 Å². The first-order valence-electron chi connectivity index (χ1n) is 8.95. The summed E-state index contributed by atoms with van der Waals surface area (Å²) < 4.78 is 15.6. The fourth-order valence-electron chi connectivity index (χ4n) is 3.59. The number of pyridine rings is 1. The van der Waals surface area contributed by atoms with Gasteiger partial charge in [0.1, 0.15) is 12.1 Å². The van der Waals surface area contributed by atoms with Gasteiger partial charge in [0.15, 0.2) is 5.43 Å². The number of anilines is 1. The molecule has 26 heavy (non-hydrogen) atoms. The van der Waals surface area contributed by atoms with Gasteiger partial charge in [-0.2, -0.15) is 0 Å². The predicted molar refractivity (Wildman–Crippen MR) is 104 cm³/mol. The summed E-state index contributed by atoms with van der Waals surface area (Å²) in [6.45, 7) is 7.87. The number of rotatable bonds is 6. The second-order valence-electron chi connectivity index (χ2n) is 6.41. The van der Waals surface area contributed by atoms with Gasteiger partial charge in [0, 0.05) is 24.2 Å². The van der Waals surface area contributed by atoms with Crippen LogP contribution in [0, 0.1) is 5.82 Å². The maximum Gasteiger partial charge on any atom is 0.199 e. The Hall–Kier alpha value is -2.73. The molecule has 0 amide bonds. The Labute approximate surface area is 150 Å². The second-order valence-corrected chi connectivity index (χ2v) is 6.41. The topological polar surface area (TPSA) is 49.6 Å². The van der Waals surface area contributed by atoms with Gasteiger partial charge < -0.3 is 10.2 Å². The van der Waals surface area contributed by atoms with Crippen molar-refractivity contribution >= 4 is 33.0 Å². The van der Waals surface area contributed by atoms with Crippen LogP contribution in [0.1, 0.15) is 13.8 Å². The van der Waals surface area contributed by atoms with Gasteiger partial charge in [0.2, 0.25) is 0 Å². The van der Waals surface area contributed by atoms with Crippen molar-refractivity contribution in [1.29, 1.82) is 0 Å². The average Bonchev–Trinajstić information content (AvgIpc) is 3.08. The number of halogens is 1. The largest absolute Gasteiger partial charge is 0.383 e. The predicted octanol–water partition coefficient (Wildman–Crippen LogP) is 3.33. The van der Waals surface area contributed by atoms with Crippen molar-refractivity contribution in [2.24, 2.45) is 0 Å². The van der Waals surface area contributed by atoms with Crippen molar-refractivity contribution in [1.82, 2.24) is 14.3 Å². The lowest BCUT2D eigenvalue weighted by atomic mass is 10.1. The minimum absolute atomic E-state index is 0.163. The molecule has 0 spiro atoms. The van der Waals surface area contributed by atoms with Gasteiger partial charge in [0.05, 0.1) is 21.9 Å². The average molecular weight is 352 g/mol. The van der Waals surface area contributed by atoms with E-state index in [0.29, 0.717) is 16.3 Å². The molecule has 1 N–H and O–H groups in total. The monoisotopic (exact) mass is 352 g/mol. The molecule has 2 heterocycles. The molecular formula is C20H21FN4O. The van der Waals surface area contributed by atoms with Gasteiger partial charge in [-0.3, -0.25) is 9.20 Å². The molecule has 0 aliphatic carbocycles. The van der Waals surface area contributed by atoms with E-state index in [0.717, 1.165) is 42.9 Å². The molecule has 0 unspecified atom stereocenters. The quantitative estimate of drug-likeness (QED) is 0.541. The van der Waals surface area contributed by atoms with Gasteiger partial charge >= 0.3 is 0 Å². The van der Waals surface area contributed by atoms with E-state index in [1.807, 2.05) is 16.5 Å². The van der Waals surface area contributed by atoms with E-state index >= 15 is 0 Å². The van der Waals surface area contributed by atoms with Crippen LogP contribution < -0.4 is 10.7 Å². The Morgan fingerprint density at radius 1 is 1.19 bits per heavy atom. The number of fused-ring (bicyclic) bond motifs is 2. The van der Waals surface area contributed by atoms with E-state index in [2.05, 4.69) is 29.0 Å². The molecule has 5 nitrogen and oxygen atoms in total. The van der Waals surface area contributed by atoms with Gasteiger partial charge in [-0.15, -0.1) is 0 Å². The Balaban J connectivity index is 1.87. The third kappa shape index (κ3) is 2.57. The van der Waals surface area contributed by atoms with E-state index in [4.69, 9.17) is 0 Å². The first-order valence-corrected chi connectivity index (χ1v) is 8.95. The number of hydrogen-bond acceptors (Lipinski definition) is 4. The zero-order chi connectivity index (χ0) is 18.3. The highest BCUT2D eigenvalue weighted by Crippen LogP contribution is 2.28. The summed E-state index contributed by atoms with van der Waals surface area (Å²) in [6, 6.07) is 8.11. The van der Waals surface area contributed by atoms with Gasteiger partial charge in [-0.05, 0) is 43.4 Å². The van der Waals surface area contributed by atoms with Crippen LogP contribution in [0.4, 0.5) is 10.1 Å². The number of likely N-dealkylation sites (N-methyl/N-ethyl adjacent to an activating group) is 1. The molecule has 2 aromatic heterocycles. The standard InChI is InChI=1S/C20H21FN4O/c1-3-24(4-2)10-9-22-15-6-7-16-19-18(15)20(26)14-11-13(21)5-8-17(14)25(19)12-23-16/h5-8,11-12,22H,3-4,9-10H2,1-2H3. The van der Waals surface area contributed by atoms with Crippen molar-refractivity contribution in [3.8, 4) is 0 Å². The highest BCUT2D eigenvalue weighted by Gasteiger charge is 2.16. The summed E-state index contributed by atoms with van der Waals surface area (Å²) >= 11 is 0. The van der Waals surface area contributed by atoms with Crippen molar-refractivity contribution in [2.75, 3.05) is 31.5 Å². The lowest BCUT2D eigenvalue weighted by molar-refractivity contribution is 0.316. The summed E-state index contributed by atoms with van der Waals surface area (Å²) in [5, 5.41) is 4.32. The number of benzene rings is 2. The fourth-order valence-corrected chi connectivity index (χ4v) is 3.59. The molecule has 4 rings (SSSR count). The fraction of sp³-hybridized carbons (Fsp3) is 0.300. The van der Waals surface area contributed by atoms with Crippen molar-refractivity contribution in [3.05, 3.63) is 52.7 Å². The molecule has 0 saturated carbocycles. The second kappa shape index (κ2) is 6.53. The van der Waals surface area contributed by atoms with Crippen LogP contribution in [0.25, 0.3) is 27.3 Å². The third-order valence-electron chi connectivity index (χ3n) is 5.04. The van der Waals surface area contributed by atoms with Crippen molar-refractivity contribution < 1.29 is 4.39 Å². The van der Waals surface area contributed by atoms with E-state index in [9.17, 15) is 9.18 Å². The molecule has 4 aromatic rings. The summed E-state index contributed by atoms with van der Waals surface area (Å²) in [5.41, 5.74) is 2.82. The normalized spacial score (nSPS) is 12.0. The summed E-state index contributed by atoms with van der Waals surface area (Å²) in [6.07, 6.45) is 1.69. The SMILES string of the molecule is CCN(CC)CCNc1ccc2ncn3c4ccc(F)cc4c(=O)c1c23. The Bertz CT molecular complexity index is 1130. The maximum absolute atomic E-state index is 13.7. The van der Waals surface area contributed by atoms with Gasteiger partial charge in [0.25, 0.3) is 0 Å². The zero-order valence-corrected chi connectivity index (χ0v) is 14.9. The summed E-state index contributed by atoms with van der Waals surface area (Å²) in [7, 11) is 0. The van der Waals surface area contributed by atoms with Gasteiger partial charge in [-0.1, -0.05) is 13.8 Å². The van der Waals surface area contributed by atoms with E-state index < -0.39 is 5.82 Å². The third-order valence-corrected chi connectivity index (χ3v) is 5.04. The lowest BCUT2D eigenvalue weighted by Crippen LogP contribution is -2.28. The molecule has 0 aliphatic heterocycles. The molecule has 0 fully saturated rings. The number of nitrogens with one attached hydrogen (secondary N) is 1. The highest BCUT2D eigenvalue weighted by atomic mass is 19.1. The van der Waals surface area contributed by atoms with E-state index in [1.165, 1.54) is 12.1 Å². The summed E-state index contributed by atoms with van der Waals surface area (Å²) in [4.78, 5) is 19.8. The van der Waals surface area contributed by atoms with Crippen molar-refractivity contribution in [3.63, 3.8) is 0 Å². The number of nitrogens with zero attached hydrogens (tertiary/aromatic N) is 3. The number of aromatic nitrogens is 2. The van der Waals surface area contributed by atoms with Crippen LogP contribution in [-0.2, 0) is 0 Å². The van der Waals surface area contributed by atoms with Crippen LogP contribution in [0.5, 0.6) is 0 Å². The minimum atomic E-state index is -0.413. The molecule has 0 radical (unpaired) electrons. The molecular weight excluding hydrogens is 331 g/mol. The van der Waals surface area contributed by atoms with Crippen LogP contribution >= 0.6 is 0 Å². The molecule has 0 atom stereocenters. The molecule has 6 heteroatoms. The van der Waals surface area contributed by atoms with Crippen LogP contribution in [0.15, 0.2) is 41.5 Å². The lowest BCUT2D eigenvalue weighted by Gasteiger charge is -2.19. The first-order chi connectivity index (χ1) is 12.6. The zero-order valence-electron chi connectivity index (χ0n) is 14.9. The van der Waals surface area contributed by atoms with E-state index in [-0.39, 0.29) is 5.43 Å². The molecule has 0 aliphatic rings. The summed E-state index contributed by atoms with van der Waals surface area (Å²) in [5.74, 6) is -0.413. The Morgan fingerprint density at radius 2 is 2.00 bits per heavy atom. The molecule has 0 saturated heterocycles. The number of imidazole rings is 1. The molecule has 0 bridgehead atoms. The molecule has 2 aromatic carbocycles. The minimum Gasteiger partial charge on any atom is -0.383 e. The maximum atomic E-state index is 13.7. The highest BCUT2D eigenvalue weighted by molar-refractivity contribution is 6.06. The van der Waals surface area contributed by atoms with Crippen LogP contribution in [0.3, 0.4) is 0 Å². The molecule has 134 valence electrons. The van der Waals surface area contributed by atoms with E-state index in [1.54, 1.807) is 12.4 Å². The van der Waals surface area contributed by atoms with Crippen LogP contribution in [-0.4, -0.2) is 40.5 Å². The first kappa shape index (κ1) is 16.7.